The fraction of sp³-hybridized carbons (Fsp3) is 0.351. The number of rotatable bonds is 10. The summed E-state index contributed by atoms with van der Waals surface area (Å²) in [5, 5.41) is 14.9. The van der Waals surface area contributed by atoms with Crippen LogP contribution in [0.5, 0.6) is 0 Å². The quantitative estimate of drug-likeness (QED) is 0.139. The van der Waals surface area contributed by atoms with E-state index in [0.29, 0.717) is 46.8 Å². The average molecular weight is 748 g/mol. The van der Waals surface area contributed by atoms with E-state index in [1.807, 2.05) is 50.6 Å². The molecule has 3 N–H and O–H groups in total. The predicted molar refractivity (Wildman–Crippen MR) is 185 cm³/mol. The summed E-state index contributed by atoms with van der Waals surface area (Å²) in [6, 6.07) is 11.1. The van der Waals surface area contributed by atoms with Crippen LogP contribution in [0.15, 0.2) is 60.8 Å². The highest BCUT2D eigenvalue weighted by Gasteiger charge is 2.45. The zero-order valence-electron chi connectivity index (χ0n) is 28.7. The van der Waals surface area contributed by atoms with E-state index in [0.717, 1.165) is 34.8 Å². The van der Waals surface area contributed by atoms with Gasteiger partial charge in [-0.05, 0) is 85.7 Å². The number of hydrogen-bond acceptors (Lipinski definition) is 5. The maximum Gasteiger partial charge on any atom is 0.416 e. The van der Waals surface area contributed by atoms with Gasteiger partial charge in [-0.2, -0.15) is 31.4 Å². The number of halogens is 7. The predicted octanol–water partition coefficient (Wildman–Crippen LogP) is 8.95. The minimum Gasteiger partial charge on any atom is -0.480 e. The standard InChI is InChI=1S/C37H36F7N5O2S/c1-5-20-8-7-9-21(6-2)30(20)49-31(24-12-13-28(38)32-25(24)14-15-48(32)52-19-29(45)34(50)51)26-18-47(35(3,4)33(26)46-49)17-22-10-11-23(36(39,40)41)16-27(22)37(42,43)44/h7-16,29H,5-6,17-19,45H2,1-4H3,(H,50,51)/t29-/m0/s1. The lowest BCUT2D eigenvalue weighted by molar-refractivity contribution is -0.144. The van der Waals surface area contributed by atoms with Crippen molar-refractivity contribution in [1.29, 1.82) is 0 Å². The number of carboxylic acids is 1. The molecule has 0 saturated heterocycles. The molecule has 7 nitrogen and oxygen atoms in total. The van der Waals surface area contributed by atoms with E-state index in [-0.39, 0.29) is 36.0 Å². The van der Waals surface area contributed by atoms with E-state index >= 15 is 4.39 Å². The first kappa shape index (κ1) is 37.4. The third kappa shape index (κ3) is 6.58. The van der Waals surface area contributed by atoms with E-state index in [4.69, 9.17) is 10.8 Å². The molecule has 3 aromatic carbocycles. The van der Waals surface area contributed by atoms with E-state index in [2.05, 4.69) is 0 Å². The largest absolute Gasteiger partial charge is 0.480 e. The van der Waals surface area contributed by atoms with Crippen LogP contribution in [0.4, 0.5) is 30.7 Å². The molecule has 15 heteroatoms. The molecule has 0 unspecified atom stereocenters. The van der Waals surface area contributed by atoms with Crippen molar-refractivity contribution in [3.8, 4) is 16.9 Å². The van der Waals surface area contributed by atoms with E-state index in [9.17, 15) is 36.2 Å². The lowest BCUT2D eigenvalue weighted by atomic mass is 9.96. The van der Waals surface area contributed by atoms with Crippen molar-refractivity contribution in [2.75, 3.05) is 5.75 Å². The number of nitrogens with two attached hydrogens (primary N) is 1. The van der Waals surface area contributed by atoms with Gasteiger partial charge in [-0.25, -0.2) is 9.07 Å². The van der Waals surface area contributed by atoms with Crippen molar-refractivity contribution < 1.29 is 40.6 Å². The third-order valence-electron chi connectivity index (χ3n) is 9.71. The van der Waals surface area contributed by atoms with Gasteiger partial charge in [0.15, 0.2) is 0 Å². The Morgan fingerprint density at radius 3 is 2.25 bits per heavy atom. The maximum atomic E-state index is 15.6. The number of aliphatic carboxylic acids is 1. The lowest BCUT2D eigenvalue weighted by Gasteiger charge is -2.33. The van der Waals surface area contributed by atoms with Gasteiger partial charge >= 0.3 is 18.3 Å². The van der Waals surface area contributed by atoms with Crippen LogP contribution in [0.25, 0.3) is 27.8 Å². The molecule has 52 heavy (non-hydrogen) atoms. The number of carbonyl (C=O) groups is 1. The highest BCUT2D eigenvalue weighted by molar-refractivity contribution is 7.98. The highest BCUT2D eigenvalue weighted by atomic mass is 32.2. The zero-order valence-corrected chi connectivity index (χ0v) is 29.5. The topological polar surface area (TPSA) is 89.3 Å². The average Bonchev–Trinajstić information content (AvgIpc) is 3.74. The Balaban J connectivity index is 1.54. The highest BCUT2D eigenvalue weighted by Crippen LogP contribution is 2.48. The van der Waals surface area contributed by atoms with Crippen molar-refractivity contribution in [2.24, 2.45) is 5.73 Å². The summed E-state index contributed by atoms with van der Waals surface area (Å²) in [5.74, 6) is -1.79. The van der Waals surface area contributed by atoms with E-state index < -0.39 is 46.8 Å². The van der Waals surface area contributed by atoms with Crippen LogP contribution in [0.2, 0.25) is 0 Å². The van der Waals surface area contributed by atoms with Crippen molar-refractivity contribution in [1.82, 2.24) is 18.7 Å². The first-order valence-corrected chi connectivity index (χ1v) is 17.5. The van der Waals surface area contributed by atoms with Gasteiger partial charge in [0.1, 0.15) is 11.9 Å². The third-order valence-corrected chi connectivity index (χ3v) is 10.8. The first-order valence-electron chi connectivity index (χ1n) is 16.6. The Bertz CT molecular complexity index is 2150. The second-order valence-electron chi connectivity index (χ2n) is 13.2. The van der Waals surface area contributed by atoms with Gasteiger partial charge in [0.05, 0.1) is 39.3 Å². The molecule has 0 saturated carbocycles. The molecule has 6 rings (SSSR count). The van der Waals surface area contributed by atoms with Crippen molar-refractivity contribution >= 4 is 28.8 Å². The summed E-state index contributed by atoms with van der Waals surface area (Å²) in [5.41, 5.74) is 7.11. The summed E-state index contributed by atoms with van der Waals surface area (Å²) in [7, 11) is 0. The second-order valence-corrected chi connectivity index (χ2v) is 14.2. The number of alkyl halides is 6. The summed E-state index contributed by atoms with van der Waals surface area (Å²) in [4.78, 5) is 13.1. The number of para-hydroxylation sites is 1. The Morgan fingerprint density at radius 2 is 1.65 bits per heavy atom. The van der Waals surface area contributed by atoms with Gasteiger partial charge in [-0.3, -0.25) is 13.7 Å². The summed E-state index contributed by atoms with van der Waals surface area (Å²) in [6.07, 6.45) is -7.05. The Morgan fingerprint density at radius 1 is 0.981 bits per heavy atom. The molecular weight excluding hydrogens is 711 g/mol. The van der Waals surface area contributed by atoms with Crippen LogP contribution < -0.4 is 5.73 Å². The molecular formula is C37H36F7N5O2S. The molecule has 0 bridgehead atoms. The second kappa shape index (κ2) is 13.6. The number of hydrogen-bond donors (Lipinski definition) is 2. The molecule has 276 valence electrons. The van der Waals surface area contributed by atoms with E-state index in [1.165, 1.54) is 10.0 Å². The molecule has 3 heterocycles. The number of aromatic nitrogens is 3. The number of carboxylic acid groups (broad SMARTS) is 1. The molecule has 2 aromatic heterocycles. The first-order chi connectivity index (χ1) is 24.4. The van der Waals surface area contributed by atoms with Gasteiger partial charge in [-0.1, -0.05) is 38.1 Å². The van der Waals surface area contributed by atoms with Gasteiger partial charge in [0, 0.05) is 41.6 Å². The minimum atomic E-state index is -5.03. The minimum absolute atomic E-state index is 0.0349. The fourth-order valence-corrected chi connectivity index (χ4v) is 7.83. The zero-order chi connectivity index (χ0) is 37.9. The monoisotopic (exact) mass is 747 g/mol. The van der Waals surface area contributed by atoms with Crippen molar-refractivity contribution in [3.63, 3.8) is 0 Å². The molecule has 0 spiro atoms. The van der Waals surface area contributed by atoms with Gasteiger partial charge in [0.25, 0.3) is 0 Å². The van der Waals surface area contributed by atoms with Crippen LogP contribution in [0.3, 0.4) is 0 Å². The van der Waals surface area contributed by atoms with Crippen LogP contribution in [0, 0.1) is 5.82 Å². The smallest absolute Gasteiger partial charge is 0.416 e. The number of fused-ring (bicyclic) bond motifs is 2. The number of benzene rings is 3. The van der Waals surface area contributed by atoms with Gasteiger partial charge in [-0.15, -0.1) is 0 Å². The van der Waals surface area contributed by atoms with Gasteiger partial charge < -0.3 is 10.8 Å². The molecule has 1 aliphatic rings. The van der Waals surface area contributed by atoms with E-state index in [1.54, 1.807) is 23.2 Å². The normalized spacial score (nSPS) is 15.4. The molecule has 0 radical (unpaired) electrons. The fourth-order valence-electron chi connectivity index (χ4n) is 6.91. The molecule has 1 aliphatic heterocycles. The number of aryl methyl sites for hydroxylation is 2. The maximum absolute atomic E-state index is 15.6. The van der Waals surface area contributed by atoms with Crippen LogP contribution in [-0.4, -0.2) is 41.5 Å². The summed E-state index contributed by atoms with van der Waals surface area (Å²) in [6.45, 7) is 7.41. The van der Waals surface area contributed by atoms with Crippen molar-refractivity contribution in [3.05, 3.63) is 106 Å². The Labute approximate surface area is 299 Å². The molecule has 5 aromatic rings. The summed E-state index contributed by atoms with van der Waals surface area (Å²) < 4.78 is 102. The lowest BCUT2D eigenvalue weighted by Crippen LogP contribution is -2.36. The SMILES string of the molecule is CCc1cccc(CC)c1-n1nc2c(c1-c1ccc(F)c3c1ccn3SC[C@H](N)C(=O)O)CN(Cc1ccc(C(F)(F)F)cc1C(F)(F)F)C2(C)C. The number of nitrogens with zero attached hydrogens (tertiary/aromatic N) is 4. The molecule has 0 fully saturated rings. The summed E-state index contributed by atoms with van der Waals surface area (Å²) >= 11 is 1.04. The molecule has 0 amide bonds. The molecule has 0 aliphatic carbocycles. The van der Waals surface area contributed by atoms with Crippen LogP contribution in [0.1, 0.15) is 66.8 Å². The van der Waals surface area contributed by atoms with Crippen LogP contribution in [-0.2, 0) is 48.6 Å². The van der Waals surface area contributed by atoms with Crippen LogP contribution >= 0.6 is 11.9 Å². The molecule has 1 atom stereocenters. The van der Waals surface area contributed by atoms with Gasteiger partial charge in [0.2, 0.25) is 0 Å². The Kier molecular flexibility index (Phi) is 9.77. The van der Waals surface area contributed by atoms with Crippen molar-refractivity contribution in [2.45, 2.75) is 77.6 Å². The Hall–Kier alpha value is -4.34.